The smallest absolute Gasteiger partial charge is 0.193 e. The number of ketones is 1. The highest BCUT2D eigenvalue weighted by Crippen LogP contribution is 2.16. The summed E-state index contributed by atoms with van der Waals surface area (Å²) >= 11 is 0. The molecule has 102 valence electrons. The first-order chi connectivity index (χ1) is 9.56. The summed E-state index contributed by atoms with van der Waals surface area (Å²) in [6.07, 6.45) is 0. The van der Waals surface area contributed by atoms with E-state index in [2.05, 4.69) is 10.3 Å². The van der Waals surface area contributed by atoms with Crippen LogP contribution in [0, 0.1) is 6.92 Å². The maximum absolute atomic E-state index is 12.3. The lowest BCUT2D eigenvalue weighted by molar-refractivity contribution is 0.103. The molecule has 0 saturated carbocycles. The molecular weight excluding hydrogens is 250 g/mol. The second kappa shape index (κ2) is 6.10. The third kappa shape index (κ3) is 3.51. The summed E-state index contributed by atoms with van der Waals surface area (Å²) in [4.78, 5) is 12.3. The third-order valence-corrected chi connectivity index (χ3v) is 2.78. The Hall–Kier alpha value is -2.49. The summed E-state index contributed by atoms with van der Waals surface area (Å²) in [6.45, 7) is 2.00. The van der Waals surface area contributed by atoms with Gasteiger partial charge in [-0.25, -0.2) is 0 Å². The first-order valence-corrected chi connectivity index (χ1v) is 6.36. The summed E-state index contributed by atoms with van der Waals surface area (Å²) in [6, 6.07) is 14.7. The highest BCUT2D eigenvalue weighted by atomic mass is 16.1. The molecule has 0 spiro atoms. The highest BCUT2D eigenvalue weighted by Gasteiger charge is 2.08. The van der Waals surface area contributed by atoms with Gasteiger partial charge in [0.25, 0.3) is 0 Å². The zero-order chi connectivity index (χ0) is 14.5. The monoisotopic (exact) mass is 267 g/mol. The van der Waals surface area contributed by atoms with Crippen molar-refractivity contribution in [2.45, 2.75) is 6.92 Å². The maximum Gasteiger partial charge on any atom is 0.193 e. The van der Waals surface area contributed by atoms with Gasteiger partial charge in [0.15, 0.2) is 5.78 Å². The van der Waals surface area contributed by atoms with Gasteiger partial charge in [-0.3, -0.25) is 9.80 Å². The molecule has 0 heterocycles. The number of carbonyl (C=O) groups excluding carboxylic acids is 1. The van der Waals surface area contributed by atoms with Crippen molar-refractivity contribution in [1.82, 2.24) is 5.01 Å². The van der Waals surface area contributed by atoms with E-state index < -0.39 is 0 Å². The van der Waals surface area contributed by atoms with E-state index in [9.17, 15) is 4.79 Å². The molecule has 0 aliphatic heterocycles. The number of carbonyl (C=O) groups is 1. The number of nitrogens with zero attached hydrogens (tertiary/aromatic N) is 3. The van der Waals surface area contributed by atoms with Gasteiger partial charge in [-0.05, 0) is 31.2 Å². The Morgan fingerprint density at radius 3 is 1.90 bits per heavy atom. The van der Waals surface area contributed by atoms with Crippen molar-refractivity contribution in [3.8, 4) is 0 Å². The molecule has 2 rings (SSSR count). The average Bonchev–Trinajstić information content (AvgIpc) is 2.46. The lowest BCUT2D eigenvalue weighted by Crippen LogP contribution is -2.00. The normalized spacial score (nSPS) is 10.8. The SMILES string of the molecule is Cc1ccc(C(=O)c2ccc(N=NN(C)C)cc2)cc1. The van der Waals surface area contributed by atoms with Gasteiger partial charge in [0, 0.05) is 25.2 Å². The Kier molecular flexibility index (Phi) is 4.25. The second-order valence-corrected chi connectivity index (χ2v) is 4.78. The number of aryl methyl sites for hydroxylation is 1. The Morgan fingerprint density at radius 1 is 0.900 bits per heavy atom. The van der Waals surface area contributed by atoms with Crippen LogP contribution in [0.1, 0.15) is 21.5 Å². The lowest BCUT2D eigenvalue weighted by atomic mass is 10.0. The number of hydrogen-bond donors (Lipinski definition) is 0. The van der Waals surface area contributed by atoms with E-state index in [4.69, 9.17) is 0 Å². The minimum Gasteiger partial charge on any atom is -0.289 e. The van der Waals surface area contributed by atoms with E-state index in [1.165, 1.54) is 0 Å². The molecule has 2 aromatic carbocycles. The fraction of sp³-hybridized carbons (Fsp3) is 0.188. The van der Waals surface area contributed by atoms with Crippen molar-refractivity contribution < 1.29 is 4.79 Å². The quantitative estimate of drug-likeness (QED) is 0.480. The van der Waals surface area contributed by atoms with Gasteiger partial charge in [0.1, 0.15) is 0 Å². The molecule has 0 aromatic heterocycles. The predicted octanol–water partition coefficient (Wildman–Crippen LogP) is 3.79. The van der Waals surface area contributed by atoms with Crippen LogP contribution < -0.4 is 0 Å². The molecule has 0 amide bonds. The van der Waals surface area contributed by atoms with Crippen molar-refractivity contribution in [1.29, 1.82) is 0 Å². The summed E-state index contributed by atoms with van der Waals surface area (Å²) in [5.74, 6) is 0.0149. The molecule has 20 heavy (non-hydrogen) atoms. The van der Waals surface area contributed by atoms with Crippen LogP contribution in [0.5, 0.6) is 0 Å². The van der Waals surface area contributed by atoms with Gasteiger partial charge in [0.2, 0.25) is 0 Å². The van der Waals surface area contributed by atoms with E-state index >= 15 is 0 Å². The molecule has 0 unspecified atom stereocenters. The van der Waals surface area contributed by atoms with Crippen molar-refractivity contribution in [3.05, 3.63) is 65.2 Å². The molecular formula is C16H17N3O. The van der Waals surface area contributed by atoms with Crippen LogP contribution >= 0.6 is 0 Å². The van der Waals surface area contributed by atoms with Crippen molar-refractivity contribution in [2.24, 2.45) is 10.3 Å². The first kappa shape index (κ1) is 13.9. The number of benzene rings is 2. The zero-order valence-corrected chi connectivity index (χ0v) is 11.9. The fourth-order valence-corrected chi connectivity index (χ4v) is 1.69. The van der Waals surface area contributed by atoms with Crippen molar-refractivity contribution in [2.75, 3.05) is 14.1 Å². The largest absolute Gasteiger partial charge is 0.289 e. The topological polar surface area (TPSA) is 45.0 Å². The van der Waals surface area contributed by atoms with E-state index in [0.717, 1.165) is 11.3 Å². The molecule has 0 bridgehead atoms. The number of hydrogen-bond acceptors (Lipinski definition) is 3. The van der Waals surface area contributed by atoms with Crippen LogP contribution in [0.4, 0.5) is 5.69 Å². The van der Waals surface area contributed by atoms with Crippen LogP contribution in [-0.4, -0.2) is 24.9 Å². The standard InChI is InChI=1S/C16H17N3O/c1-12-4-6-13(7-5-12)16(20)14-8-10-15(11-9-14)17-18-19(2)3/h4-11H,1-3H3. The maximum atomic E-state index is 12.3. The fourth-order valence-electron chi connectivity index (χ4n) is 1.69. The Labute approximate surface area is 118 Å². The van der Waals surface area contributed by atoms with Crippen LogP contribution in [0.2, 0.25) is 0 Å². The Bertz CT molecular complexity index is 613. The van der Waals surface area contributed by atoms with E-state index in [1.54, 1.807) is 43.4 Å². The van der Waals surface area contributed by atoms with Crippen molar-refractivity contribution in [3.63, 3.8) is 0 Å². The van der Waals surface area contributed by atoms with Crippen LogP contribution in [0.3, 0.4) is 0 Å². The molecule has 2 aromatic rings. The van der Waals surface area contributed by atoms with Gasteiger partial charge in [-0.2, -0.15) is 0 Å². The van der Waals surface area contributed by atoms with Crippen LogP contribution in [0.15, 0.2) is 58.9 Å². The average molecular weight is 267 g/mol. The first-order valence-electron chi connectivity index (χ1n) is 6.36. The summed E-state index contributed by atoms with van der Waals surface area (Å²) in [7, 11) is 3.61. The summed E-state index contributed by atoms with van der Waals surface area (Å²) < 4.78 is 0. The van der Waals surface area contributed by atoms with Crippen LogP contribution in [0.25, 0.3) is 0 Å². The Balaban J connectivity index is 2.17. The highest BCUT2D eigenvalue weighted by molar-refractivity contribution is 6.09. The minimum absolute atomic E-state index is 0.0149. The van der Waals surface area contributed by atoms with E-state index in [0.29, 0.717) is 11.1 Å². The van der Waals surface area contributed by atoms with Gasteiger partial charge < -0.3 is 0 Å². The molecule has 0 atom stereocenters. The molecule has 0 aliphatic rings. The van der Waals surface area contributed by atoms with Crippen LogP contribution in [-0.2, 0) is 0 Å². The minimum atomic E-state index is 0.0149. The molecule has 0 radical (unpaired) electrons. The van der Waals surface area contributed by atoms with Gasteiger partial charge in [-0.15, -0.1) is 5.11 Å². The van der Waals surface area contributed by atoms with Crippen molar-refractivity contribution >= 4 is 11.5 Å². The molecule has 4 heteroatoms. The van der Waals surface area contributed by atoms with E-state index in [1.807, 2.05) is 31.2 Å². The second-order valence-electron chi connectivity index (χ2n) is 4.78. The third-order valence-electron chi connectivity index (χ3n) is 2.78. The predicted molar refractivity (Wildman–Crippen MR) is 79.3 cm³/mol. The Morgan fingerprint density at radius 2 is 1.40 bits per heavy atom. The molecule has 0 aliphatic carbocycles. The number of rotatable bonds is 4. The molecule has 0 fully saturated rings. The van der Waals surface area contributed by atoms with E-state index in [-0.39, 0.29) is 5.78 Å². The summed E-state index contributed by atoms with van der Waals surface area (Å²) in [5.41, 5.74) is 3.20. The van der Waals surface area contributed by atoms with Gasteiger partial charge >= 0.3 is 0 Å². The summed E-state index contributed by atoms with van der Waals surface area (Å²) in [5, 5.41) is 9.56. The van der Waals surface area contributed by atoms with Gasteiger partial charge in [0.05, 0.1) is 5.69 Å². The zero-order valence-electron chi connectivity index (χ0n) is 11.9. The molecule has 0 N–H and O–H groups in total. The molecule has 0 saturated heterocycles. The van der Waals surface area contributed by atoms with Gasteiger partial charge in [-0.1, -0.05) is 35.1 Å². The molecule has 4 nitrogen and oxygen atoms in total. The lowest BCUT2D eigenvalue weighted by Gasteiger charge is -2.03.